The number of anilines is 1. The average Bonchev–Trinajstić information content (AvgIpc) is 2.74. The van der Waals surface area contributed by atoms with E-state index in [2.05, 4.69) is 5.32 Å². The number of rotatable bonds is 5. The Balaban J connectivity index is 1.79. The number of benzene rings is 1. The molecule has 2 heterocycles. The summed E-state index contributed by atoms with van der Waals surface area (Å²) >= 11 is 0. The van der Waals surface area contributed by atoms with Crippen molar-refractivity contribution < 1.29 is 22.7 Å². The minimum absolute atomic E-state index is 0.0436. The zero-order valence-electron chi connectivity index (χ0n) is 16.6. The highest BCUT2D eigenvalue weighted by Gasteiger charge is 2.31. The molecule has 0 aliphatic carbocycles. The highest BCUT2D eigenvalue weighted by atomic mass is 32.2. The van der Waals surface area contributed by atoms with Crippen LogP contribution >= 0.6 is 0 Å². The third-order valence-corrected chi connectivity index (χ3v) is 7.39. The van der Waals surface area contributed by atoms with Crippen LogP contribution in [0.4, 0.5) is 10.5 Å². The first-order valence-corrected chi connectivity index (χ1v) is 11.3. The molecular formula is C19H28N4O5S. The molecule has 2 aliphatic rings. The summed E-state index contributed by atoms with van der Waals surface area (Å²) < 4.78 is 32.9. The normalized spacial score (nSPS) is 20.9. The molecule has 3 rings (SSSR count). The Labute approximate surface area is 171 Å². The molecule has 9 nitrogen and oxygen atoms in total. The maximum atomic E-state index is 13.1. The van der Waals surface area contributed by atoms with Crippen molar-refractivity contribution in [2.75, 3.05) is 38.6 Å². The fraction of sp³-hybridized carbons (Fsp3) is 0.579. The number of carbonyl (C=O) groups excluding carboxylic acids is 2. The molecule has 160 valence electrons. The number of urea groups is 1. The van der Waals surface area contributed by atoms with Crippen molar-refractivity contribution in [1.82, 2.24) is 9.21 Å². The van der Waals surface area contributed by atoms with Gasteiger partial charge in [-0.05, 0) is 43.9 Å². The Hall–Kier alpha value is -2.33. The largest absolute Gasteiger partial charge is 0.495 e. The first-order valence-electron chi connectivity index (χ1n) is 9.86. The van der Waals surface area contributed by atoms with E-state index in [1.54, 1.807) is 12.1 Å². The fourth-order valence-electron chi connectivity index (χ4n) is 3.84. The molecule has 1 atom stereocenters. The van der Waals surface area contributed by atoms with Crippen LogP contribution in [0, 0.1) is 5.92 Å². The number of ether oxygens (including phenoxy) is 1. The van der Waals surface area contributed by atoms with Gasteiger partial charge in [-0.1, -0.05) is 6.42 Å². The number of methoxy groups -OCH3 is 1. The van der Waals surface area contributed by atoms with Gasteiger partial charge in [-0.15, -0.1) is 0 Å². The average molecular weight is 425 g/mol. The van der Waals surface area contributed by atoms with Crippen molar-refractivity contribution in [1.29, 1.82) is 0 Å². The van der Waals surface area contributed by atoms with Crippen molar-refractivity contribution in [3.8, 4) is 5.75 Å². The standard InChI is InChI=1S/C19H28N4O5S/c1-28-16-8-7-15(12-17(16)29(26,27)23-10-3-2-4-11-23)21-18(24)14-6-5-9-22(13-14)19(20)25/h7-8,12,14H,2-6,9-11,13H2,1H3,(H2,20,25)(H,21,24). The minimum Gasteiger partial charge on any atom is -0.495 e. The summed E-state index contributed by atoms with van der Waals surface area (Å²) in [5.74, 6) is -0.408. The molecular weight excluding hydrogens is 396 g/mol. The molecule has 0 spiro atoms. The van der Waals surface area contributed by atoms with Crippen LogP contribution in [0.25, 0.3) is 0 Å². The van der Waals surface area contributed by atoms with Gasteiger partial charge < -0.3 is 20.7 Å². The van der Waals surface area contributed by atoms with Gasteiger partial charge in [-0.25, -0.2) is 13.2 Å². The van der Waals surface area contributed by atoms with Crippen LogP contribution in [0.15, 0.2) is 23.1 Å². The molecule has 2 aliphatic heterocycles. The van der Waals surface area contributed by atoms with Crippen molar-refractivity contribution in [3.63, 3.8) is 0 Å². The van der Waals surface area contributed by atoms with E-state index < -0.39 is 16.1 Å². The smallest absolute Gasteiger partial charge is 0.314 e. The Kier molecular flexibility index (Phi) is 6.63. The monoisotopic (exact) mass is 424 g/mol. The third-order valence-electron chi connectivity index (χ3n) is 5.47. The van der Waals surface area contributed by atoms with Crippen LogP contribution in [0.3, 0.4) is 0 Å². The van der Waals surface area contributed by atoms with E-state index >= 15 is 0 Å². The van der Waals surface area contributed by atoms with E-state index in [0.717, 1.165) is 19.3 Å². The van der Waals surface area contributed by atoms with Crippen molar-refractivity contribution in [2.24, 2.45) is 11.7 Å². The number of nitrogens with two attached hydrogens (primary N) is 1. The maximum Gasteiger partial charge on any atom is 0.314 e. The zero-order valence-corrected chi connectivity index (χ0v) is 17.4. The SMILES string of the molecule is COc1ccc(NC(=O)C2CCCN(C(N)=O)C2)cc1S(=O)(=O)N1CCCCC1. The predicted octanol–water partition coefficient (Wildman–Crippen LogP) is 1.60. The molecule has 29 heavy (non-hydrogen) atoms. The van der Waals surface area contributed by atoms with Crippen LogP contribution in [0.5, 0.6) is 5.75 Å². The first kappa shape index (κ1) is 21.4. The number of primary amides is 1. The number of amides is 3. The molecule has 3 N–H and O–H groups in total. The van der Waals surface area contributed by atoms with Gasteiger partial charge in [0, 0.05) is 31.9 Å². The molecule has 3 amide bonds. The lowest BCUT2D eigenvalue weighted by Crippen LogP contribution is -2.46. The molecule has 0 radical (unpaired) electrons. The fourth-order valence-corrected chi connectivity index (χ4v) is 5.53. The lowest BCUT2D eigenvalue weighted by molar-refractivity contribution is -0.121. The van der Waals surface area contributed by atoms with Gasteiger partial charge in [0.1, 0.15) is 10.6 Å². The molecule has 10 heteroatoms. The van der Waals surface area contributed by atoms with Gasteiger partial charge >= 0.3 is 6.03 Å². The Morgan fingerprint density at radius 1 is 1.14 bits per heavy atom. The highest BCUT2D eigenvalue weighted by Crippen LogP contribution is 2.31. The van der Waals surface area contributed by atoms with Gasteiger partial charge in [0.2, 0.25) is 15.9 Å². The second-order valence-electron chi connectivity index (χ2n) is 7.44. The summed E-state index contributed by atoms with van der Waals surface area (Å²) in [6, 6.07) is 4.06. The van der Waals surface area contributed by atoms with Crippen LogP contribution < -0.4 is 15.8 Å². The number of nitrogens with zero attached hydrogens (tertiary/aromatic N) is 2. The Bertz CT molecular complexity index is 867. The Morgan fingerprint density at radius 3 is 2.52 bits per heavy atom. The quantitative estimate of drug-likeness (QED) is 0.743. The molecule has 0 bridgehead atoms. The topological polar surface area (TPSA) is 122 Å². The summed E-state index contributed by atoms with van der Waals surface area (Å²) in [6.07, 6.45) is 4.01. The van der Waals surface area contributed by atoms with Crippen LogP contribution in [-0.4, -0.2) is 62.9 Å². The summed E-state index contributed by atoms with van der Waals surface area (Å²) in [7, 11) is -2.30. The maximum absolute atomic E-state index is 13.1. The summed E-state index contributed by atoms with van der Waals surface area (Å²) in [4.78, 5) is 25.6. The lowest BCUT2D eigenvalue weighted by Gasteiger charge is -2.30. The molecule has 0 saturated carbocycles. The van der Waals surface area contributed by atoms with Gasteiger partial charge in [0.15, 0.2) is 0 Å². The van der Waals surface area contributed by atoms with Crippen LogP contribution in [-0.2, 0) is 14.8 Å². The minimum atomic E-state index is -3.72. The number of carbonyl (C=O) groups is 2. The third kappa shape index (κ3) is 4.81. The lowest BCUT2D eigenvalue weighted by atomic mass is 9.97. The van der Waals surface area contributed by atoms with E-state index in [4.69, 9.17) is 10.5 Å². The highest BCUT2D eigenvalue weighted by molar-refractivity contribution is 7.89. The number of piperidine rings is 2. The van der Waals surface area contributed by atoms with Gasteiger partial charge in [-0.3, -0.25) is 4.79 Å². The number of likely N-dealkylation sites (tertiary alicyclic amines) is 1. The van der Waals surface area contributed by atoms with Crippen molar-refractivity contribution in [2.45, 2.75) is 37.0 Å². The summed E-state index contributed by atoms with van der Waals surface area (Å²) in [5, 5.41) is 2.78. The van der Waals surface area contributed by atoms with Gasteiger partial charge in [0.25, 0.3) is 0 Å². The molecule has 0 aromatic heterocycles. The molecule has 2 saturated heterocycles. The van der Waals surface area contributed by atoms with E-state index in [0.29, 0.717) is 38.2 Å². The van der Waals surface area contributed by atoms with Crippen LogP contribution in [0.1, 0.15) is 32.1 Å². The predicted molar refractivity (Wildman–Crippen MR) is 108 cm³/mol. The van der Waals surface area contributed by atoms with Crippen molar-refractivity contribution >= 4 is 27.6 Å². The number of hydrogen-bond donors (Lipinski definition) is 2. The van der Waals surface area contributed by atoms with E-state index in [-0.39, 0.29) is 29.0 Å². The molecule has 1 unspecified atom stereocenters. The number of sulfonamides is 1. The molecule has 1 aromatic carbocycles. The summed E-state index contributed by atoms with van der Waals surface area (Å²) in [6.45, 7) is 1.76. The van der Waals surface area contributed by atoms with Gasteiger partial charge in [0.05, 0.1) is 13.0 Å². The molecule has 2 fully saturated rings. The zero-order chi connectivity index (χ0) is 21.0. The van der Waals surface area contributed by atoms with Gasteiger partial charge in [-0.2, -0.15) is 4.31 Å². The second-order valence-corrected chi connectivity index (χ2v) is 9.35. The molecule has 1 aromatic rings. The van der Waals surface area contributed by atoms with E-state index in [9.17, 15) is 18.0 Å². The second kappa shape index (κ2) is 9.00. The van der Waals surface area contributed by atoms with Crippen molar-refractivity contribution in [3.05, 3.63) is 18.2 Å². The van der Waals surface area contributed by atoms with E-state index in [1.807, 2.05) is 0 Å². The van der Waals surface area contributed by atoms with E-state index in [1.165, 1.54) is 22.4 Å². The first-order chi connectivity index (χ1) is 13.8. The Morgan fingerprint density at radius 2 is 1.86 bits per heavy atom. The van der Waals surface area contributed by atoms with Crippen LogP contribution in [0.2, 0.25) is 0 Å². The number of nitrogens with one attached hydrogen (secondary N) is 1. The summed E-state index contributed by atoms with van der Waals surface area (Å²) in [5.41, 5.74) is 5.70. The number of hydrogen-bond acceptors (Lipinski definition) is 5.